The van der Waals surface area contributed by atoms with Gasteiger partial charge in [-0.2, -0.15) is 0 Å². The summed E-state index contributed by atoms with van der Waals surface area (Å²) in [5.41, 5.74) is 22.7. The van der Waals surface area contributed by atoms with Crippen molar-refractivity contribution in [2.45, 2.75) is 4.90 Å². The minimum atomic E-state index is -0.488. The molecule has 1 unspecified atom stereocenters. The van der Waals surface area contributed by atoms with Gasteiger partial charge in [-0.15, -0.1) is 9.57 Å². The van der Waals surface area contributed by atoms with Crippen LogP contribution >= 0.6 is 0 Å². The van der Waals surface area contributed by atoms with E-state index >= 15 is 0 Å². The lowest BCUT2D eigenvalue weighted by Crippen LogP contribution is -2.08. The van der Waals surface area contributed by atoms with Crippen molar-refractivity contribution in [3.63, 3.8) is 0 Å². The number of hydrogen-bond acceptors (Lipinski definition) is 2. The molecule has 2 nitrogen and oxygen atoms in total. The summed E-state index contributed by atoms with van der Waals surface area (Å²) >= 11 is 0. The van der Waals surface area contributed by atoms with E-state index in [0.717, 1.165) is 11.5 Å². The summed E-state index contributed by atoms with van der Waals surface area (Å²) in [6.45, 7) is 0. The quantitative estimate of drug-likeness (QED) is 0.159. The van der Waals surface area contributed by atoms with Crippen molar-refractivity contribution in [2.24, 2.45) is 9.57 Å². The van der Waals surface area contributed by atoms with Crippen LogP contribution in [-0.2, 0) is 10.7 Å². The summed E-state index contributed by atoms with van der Waals surface area (Å²) in [7, 11) is -0.488. The highest BCUT2D eigenvalue weighted by Crippen LogP contribution is 2.60. The van der Waals surface area contributed by atoms with Crippen molar-refractivity contribution in [3.8, 4) is 89.0 Å². The van der Waals surface area contributed by atoms with Gasteiger partial charge < -0.3 is 0 Å². The smallest absolute Gasteiger partial charge is 0.0828 e. The molecule has 0 bridgehead atoms. The van der Waals surface area contributed by atoms with E-state index in [1.807, 2.05) is 0 Å². The molecule has 0 saturated heterocycles. The van der Waals surface area contributed by atoms with Gasteiger partial charge in [0, 0.05) is 10.5 Å². The van der Waals surface area contributed by atoms with E-state index in [1.165, 1.54) is 143 Å². The molecule has 69 heavy (non-hydrogen) atoms. The van der Waals surface area contributed by atoms with E-state index < -0.39 is 10.7 Å². The van der Waals surface area contributed by atoms with E-state index in [0.29, 0.717) is 0 Å². The second-order valence-electron chi connectivity index (χ2n) is 18.4. The lowest BCUT2D eigenvalue weighted by Gasteiger charge is -2.20. The topological polar surface area (TPSA) is 24.7 Å². The first kappa shape index (κ1) is 38.6. The highest BCUT2D eigenvalue weighted by molar-refractivity contribution is 7.88. The van der Waals surface area contributed by atoms with Gasteiger partial charge >= 0.3 is 0 Å². The van der Waals surface area contributed by atoms with E-state index in [4.69, 9.17) is 9.57 Å². The first-order valence-electron chi connectivity index (χ1n) is 23.8. The summed E-state index contributed by atoms with van der Waals surface area (Å²) in [6, 6.07) is 85.1. The van der Waals surface area contributed by atoms with Gasteiger partial charge in [0.2, 0.25) is 0 Å². The maximum Gasteiger partial charge on any atom is 0.0828 e. The van der Waals surface area contributed by atoms with Crippen LogP contribution in [0.25, 0.3) is 132 Å². The molecule has 0 N–H and O–H groups in total. The van der Waals surface area contributed by atoms with Gasteiger partial charge in [-0.1, -0.05) is 224 Å². The SMILES string of the molecule is c1ccc(-c2c3c(c(-c4ccccc4)c4ccccc24)-c2ccc(C4=NN=S(c5ccc6c7c(cccc57)-c5c-6c(-c6ccccc6)c6ccccc6c5-c5ccccc5)C4)c4cccc-3c24)cc1. The first-order chi connectivity index (χ1) is 34.3. The van der Waals surface area contributed by atoms with Crippen LogP contribution < -0.4 is 0 Å². The molecule has 0 spiro atoms. The van der Waals surface area contributed by atoms with E-state index in [-0.39, 0.29) is 0 Å². The predicted octanol–water partition coefficient (Wildman–Crippen LogP) is 17.8. The van der Waals surface area contributed by atoms with Gasteiger partial charge in [0.1, 0.15) is 0 Å². The van der Waals surface area contributed by atoms with Crippen LogP contribution in [0.15, 0.2) is 245 Å². The highest BCUT2D eigenvalue weighted by Gasteiger charge is 2.34. The predicted molar refractivity (Wildman–Crippen MR) is 293 cm³/mol. The third-order valence-corrected chi connectivity index (χ3v) is 16.6. The van der Waals surface area contributed by atoms with Gasteiger partial charge in [-0.05, 0) is 149 Å². The molecular formula is C66H40N2S. The fourth-order valence-electron chi connectivity index (χ4n) is 12.2. The van der Waals surface area contributed by atoms with Crippen LogP contribution in [-0.4, -0.2) is 11.5 Å². The lowest BCUT2D eigenvalue weighted by molar-refractivity contribution is 1.29. The highest BCUT2D eigenvalue weighted by atomic mass is 32.2. The normalized spacial score (nSPS) is 14.1. The fraction of sp³-hybridized carbons (Fsp3) is 0.0152. The van der Waals surface area contributed by atoms with Gasteiger partial charge in [-0.25, -0.2) is 0 Å². The Hall–Kier alpha value is -8.50. The van der Waals surface area contributed by atoms with Gasteiger partial charge in [-0.3, -0.25) is 0 Å². The minimum Gasteiger partial charge on any atom is -0.147 e. The minimum absolute atomic E-state index is 0.488. The third-order valence-electron chi connectivity index (χ3n) is 14.9. The Labute approximate surface area is 402 Å². The fourth-order valence-corrected chi connectivity index (χ4v) is 13.8. The van der Waals surface area contributed by atoms with Crippen molar-refractivity contribution in [3.05, 3.63) is 236 Å². The molecular weight excluding hydrogens is 853 g/mol. The Bertz CT molecular complexity index is 3770. The summed E-state index contributed by atoms with van der Waals surface area (Å²) in [5, 5.41) is 15.3. The van der Waals surface area contributed by atoms with Crippen molar-refractivity contribution in [2.75, 3.05) is 5.75 Å². The third kappa shape index (κ3) is 5.54. The standard InChI is InChI=1S/C66H40N2S/c1-5-19-40(20-6-1)57-46-27-13-15-29-48(46)59(42-23-9-3-10-24-42)65-53-36-35-44(45-31-17-33-51(61(45)53)63(57)65)55-39-69(68-67-55)56-38-37-54-62-50(56)32-18-34-52(62)64-58(41-21-7-2-8-22-41)47-28-14-16-30-49(47)60(66(54)64)43-25-11-4-12-26-43/h1-38H,39H2. The molecule has 15 rings (SSSR count). The molecule has 2 aliphatic carbocycles. The van der Waals surface area contributed by atoms with Crippen molar-refractivity contribution in [1.29, 1.82) is 0 Å². The first-order valence-corrected chi connectivity index (χ1v) is 25.2. The van der Waals surface area contributed by atoms with Crippen molar-refractivity contribution < 1.29 is 0 Å². The maximum absolute atomic E-state index is 5.18. The van der Waals surface area contributed by atoms with Gasteiger partial charge in [0.05, 0.1) is 11.5 Å². The van der Waals surface area contributed by atoms with Gasteiger partial charge in [0.15, 0.2) is 0 Å². The molecule has 0 aromatic heterocycles. The summed E-state index contributed by atoms with van der Waals surface area (Å²) in [5.74, 6) is 0.750. The molecule has 1 atom stereocenters. The Balaban J connectivity index is 0.888. The van der Waals surface area contributed by atoms with E-state index in [2.05, 4.69) is 231 Å². The molecule has 0 amide bonds. The average molecular weight is 893 g/mol. The average Bonchev–Trinajstić information content (AvgIpc) is 4.13. The molecule has 320 valence electrons. The number of hydrogen-bond donors (Lipinski definition) is 0. The summed E-state index contributed by atoms with van der Waals surface area (Å²) < 4.78 is 5.18. The summed E-state index contributed by atoms with van der Waals surface area (Å²) in [4.78, 5) is 1.25. The maximum atomic E-state index is 5.18. The number of fused-ring (bicyclic) bond motifs is 8. The molecule has 1 aliphatic heterocycles. The Morgan fingerprint density at radius 1 is 0.261 bits per heavy atom. The zero-order chi connectivity index (χ0) is 45.2. The largest absolute Gasteiger partial charge is 0.147 e. The second kappa shape index (κ2) is 15.0. The molecule has 3 heteroatoms. The summed E-state index contributed by atoms with van der Waals surface area (Å²) in [6.07, 6.45) is 0. The number of nitrogens with zero attached hydrogens (tertiary/aromatic N) is 2. The van der Waals surface area contributed by atoms with E-state index in [9.17, 15) is 0 Å². The number of benzene rings is 12. The van der Waals surface area contributed by atoms with Crippen LogP contribution in [0.2, 0.25) is 0 Å². The Kier molecular flexibility index (Phi) is 8.39. The molecule has 12 aromatic carbocycles. The lowest BCUT2D eigenvalue weighted by atomic mass is 9.82. The van der Waals surface area contributed by atoms with Crippen LogP contribution in [0.1, 0.15) is 5.56 Å². The Morgan fingerprint density at radius 3 is 1.03 bits per heavy atom. The zero-order valence-electron chi connectivity index (χ0n) is 37.4. The molecule has 0 radical (unpaired) electrons. The monoisotopic (exact) mass is 892 g/mol. The molecule has 12 aromatic rings. The number of rotatable bonds is 6. The Morgan fingerprint density at radius 2 is 0.594 bits per heavy atom. The zero-order valence-corrected chi connectivity index (χ0v) is 38.3. The molecule has 1 heterocycles. The van der Waals surface area contributed by atoms with Crippen LogP contribution in [0.3, 0.4) is 0 Å². The second-order valence-corrected chi connectivity index (χ2v) is 20.0. The van der Waals surface area contributed by atoms with E-state index in [1.54, 1.807) is 0 Å². The van der Waals surface area contributed by atoms with Gasteiger partial charge in [0.25, 0.3) is 0 Å². The van der Waals surface area contributed by atoms with Crippen molar-refractivity contribution >= 4 is 59.5 Å². The van der Waals surface area contributed by atoms with Crippen molar-refractivity contribution in [1.82, 2.24) is 0 Å². The molecule has 0 fully saturated rings. The molecule has 0 saturated carbocycles. The van der Waals surface area contributed by atoms with Crippen LogP contribution in [0.5, 0.6) is 0 Å². The van der Waals surface area contributed by atoms with Crippen LogP contribution in [0.4, 0.5) is 0 Å². The van der Waals surface area contributed by atoms with Crippen LogP contribution in [0, 0.1) is 0 Å². The molecule has 3 aliphatic rings.